The van der Waals surface area contributed by atoms with Crippen molar-refractivity contribution < 1.29 is 18.7 Å². The molecule has 2 aromatic rings. The highest BCUT2D eigenvalue weighted by atomic mass is 19.1. The van der Waals surface area contributed by atoms with Crippen LogP contribution >= 0.6 is 0 Å². The van der Waals surface area contributed by atoms with Crippen LogP contribution in [0.15, 0.2) is 29.7 Å². The van der Waals surface area contributed by atoms with E-state index < -0.39 is 34.0 Å². The summed E-state index contributed by atoms with van der Waals surface area (Å²) < 4.78 is 27.8. The van der Waals surface area contributed by atoms with Crippen LogP contribution < -0.4 is 5.43 Å². The lowest BCUT2D eigenvalue weighted by atomic mass is 10.1. The number of carboxylic acid groups (broad SMARTS) is 1. The SMILES string of the molecule is C=Cn1cc(C(=O)O)c(=O)c2c(F)cc(F)cc21. The van der Waals surface area contributed by atoms with Crippen LogP contribution in [0.25, 0.3) is 17.1 Å². The van der Waals surface area contributed by atoms with Crippen LogP contribution in [0.3, 0.4) is 0 Å². The fraction of sp³-hybridized carbons (Fsp3) is 0. The first-order valence-electron chi connectivity index (χ1n) is 4.85. The van der Waals surface area contributed by atoms with Crippen molar-refractivity contribution in [3.63, 3.8) is 0 Å². The Morgan fingerprint density at radius 2 is 2.06 bits per heavy atom. The largest absolute Gasteiger partial charge is 0.477 e. The number of benzene rings is 1. The molecule has 1 N–H and O–H groups in total. The summed E-state index contributed by atoms with van der Waals surface area (Å²) in [7, 11) is 0. The van der Waals surface area contributed by atoms with E-state index in [2.05, 4.69) is 6.58 Å². The predicted molar refractivity (Wildman–Crippen MR) is 61.5 cm³/mol. The number of halogens is 2. The Balaban J connectivity index is 3.08. The van der Waals surface area contributed by atoms with Gasteiger partial charge in [-0.1, -0.05) is 6.58 Å². The maximum atomic E-state index is 13.6. The van der Waals surface area contributed by atoms with Gasteiger partial charge in [0.1, 0.15) is 17.2 Å². The van der Waals surface area contributed by atoms with E-state index in [-0.39, 0.29) is 5.52 Å². The zero-order chi connectivity index (χ0) is 13.4. The standard InChI is InChI=1S/C12H7F2NO3/c1-2-15-5-7(12(17)18)11(16)10-8(14)3-6(13)4-9(10)15/h2-5H,1H2,(H,17,18). The molecule has 4 nitrogen and oxygen atoms in total. The fourth-order valence-electron chi connectivity index (χ4n) is 1.69. The lowest BCUT2D eigenvalue weighted by Gasteiger charge is -2.08. The average molecular weight is 251 g/mol. The molecule has 6 heteroatoms. The molecule has 0 fully saturated rings. The number of nitrogens with zero attached hydrogens (tertiary/aromatic N) is 1. The summed E-state index contributed by atoms with van der Waals surface area (Å²) in [5, 5.41) is 8.37. The molecule has 0 bridgehead atoms. The molecule has 92 valence electrons. The van der Waals surface area contributed by atoms with Gasteiger partial charge in [0, 0.05) is 18.5 Å². The molecule has 0 amide bonds. The minimum atomic E-state index is -1.48. The van der Waals surface area contributed by atoms with Crippen molar-refractivity contribution in [2.75, 3.05) is 0 Å². The molecule has 0 saturated carbocycles. The number of carboxylic acids is 1. The van der Waals surface area contributed by atoms with Crippen LogP contribution in [-0.2, 0) is 0 Å². The van der Waals surface area contributed by atoms with Crippen molar-refractivity contribution in [2.24, 2.45) is 0 Å². The molecule has 1 aromatic heterocycles. The van der Waals surface area contributed by atoms with Crippen molar-refractivity contribution in [2.45, 2.75) is 0 Å². The van der Waals surface area contributed by atoms with E-state index >= 15 is 0 Å². The number of carbonyl (C=O) groups is 1. The van der Waals surface area contributed by atoms with Crippen molar-refractivity contribution >= 4 is 23.1 Å². The van der Waals surface area contributed by atoms with Crippen LogP contribution in [-0.4, -0.2) is 15.6 Å². The molecule has 0 aliphatic rings. The molecule has 0 spiro atoms. The summed E-state index contributed by atoms with van der Waals surface area (Å²) in [5.74, 6) is -3.45. The molecule has 0 unspecified atom stereocenters. The first kappa shape index (κ1) is 12.0. The highest BCUT2D eigenvalue weighted by Gasteiger charge is 2.17. The predicted octanol–water partition coefficient (Wildman–Crippen LogP) is 2.08. The van der Waals surface area contributed by atoms with Gasteiger partial charge < -0.3 is 9.67 Å². The molecular weight excluding hydrogens is 244 g/mol. The monoisotopic (exact) mass is 251 g/mol. The lowest BCUT2D eigenvalue weighted by Crippen LogP contribution is -2.18. The number of hydrogen-bond donors (Lipinski definition) is 1. The normalized spacial score (nSPS) is 10.6. The summed E-state index contributed by atoms with van der Waals surface area (Å²) in [4.78, 5) is 22.6. The minimum absolute atomic E-state index is 0.0718. The van der Waals surface area contributed by atoms with E-state index in [0.717, 1.165) is 23.0 Å². The Hall–Kier alpha value is -2.50. The van der Waals surface area contributed by atoms with Crippen LogP contribution in [0.1, 0.15) is 10.4 Å². The molecule has 18 heavy (non-hydrogen) atoms. The van der Waals surface area contributed by atoms with E-state index in [0.29, 0.717) is 6.07 Å². The summed E-state index contributed by atoms with van der Waals surface area (Å²) in [6, 6.07) is 1.47. The number of fused-ring (bicyclic) bond motifs is 1. The molecule has 0 saturated heterocycles. The minimum Gasteiger partial charge on any atom is -0.477 e. The molecule has 0 radical (unpaired) electrons. The van der Waals surface area contributed by atoms with E-state index in [1.807, 2.05) is 0 Å². The molecule has 0 atom stereocenters. The number of rotatable bonds is 2. The highest BCUT2D eigenvalue weighted by molar-refractivity contribution is 5.93. The summed E-state index contributed by atoms with van der Waals surface area (Å²) in [5.41, 5.74) is -1.67. The smallest absolute Gasteiger partial charge is 0.341 e. The molecule has 2 rings (SSSR count). The second-order valence-electron chi connectivity index (χ2n) is 3.55. The Labute approximate surface area is 99.4 Å². The lowest BCUT2D eigenvalue weighted by molar-refractivity contribution is 0.0695. The third-order valence-corrected chi connectivity index (χ3v) is 2.48. The van der Waals surface area contributed by atoms with Crippen molar-refractivity contribution in [3.05, 3.63) is 52.3 Å². The first-order chi connectivity index (χ1) is 8.45. The van der Waals surface area contributed by atoms with Crippen LogP contribution in [0, 0.1) is 11.6 Å². The molecular formula is C12H7F2NO3. The van der Waals surface area contributed by atoms with E-state index in [4.69, 9.17) is 5.11 Å². The van der Waals surface area contributed by atoms with Crippen LogP contribution in [0.2, 0.25) is 0 Å². The molecule has 1 heterocycles. The Kier molecular flexibility index (Phi) is 2.70. The quantitative estimate of drug-likeness (QED) is 0.888. The maximum Gasteiger partial charge on any atom is 0.341 e. The van der Waals surface area contributed by atoms with Gasteiger partial charge in [0.25, 0.3) is 0 Å². The Bertz CT molecular complexity index is 734. The second-order valence-corrected chi connectivity index (χ2v) is 3.55. The first-order valence-corrected chi connectivity index (χ1v) is 4.85. The second kappa shape index (κ2) is 4.06. The van der Waals surface area contributed by atoms with Gasteiger partial charge in [-0.15, -0.1) is 0 Å². The summed E-state index contributed by atoms with van der Waals surface area (Å²) >= 11 is 0. The van der Waals surface area contributed by atoms with Crippen LogP contribution in [0.5, 0.6) is 0 Å². The number of hydrogen-bond acceptors (Lipinski definition) is 2. The van der Waals surface area contributed by atoms with Gasteiger partial charge in [-0.25, -0.2) is 13.6 Å². The van der Waals surface area contributed by atoms with E-state index in [1.165, 1.54) is 0 Å². The van der Waals surface area contributed by atoms with Gasteiger partial charge in [0.05, 0.1) is 10.9 Å². The molecule has 1 aromatic carbocycles. The van der Waals surface area contributed by atoms with Gasteiger partial charge >= 0.3 is 5.97 Å². The maximum absolute atomic E-state index is 13.6. The van der Waals surface area contributed by atoms with Gasteiger partial charge in [0.15, 0.2) is 0 Å². The summed E-state index contributed by atoms with van der Waals surface area (Å²) in [6.07, 6.45) is 2.13. The van der Waals surface area contributed by atoms with Crippen LogP contribution in [0.4, 0.5) is 8.78 Å². The number of aromatic nitrogens is 1. The van der Waals surface area contributed by atoms with E-state index in [1.54, 1.807) is 0 Å². The summed E-state index contributed by atoms with van der Waals surface area (Å²) in [6.45, 7) is 3.39. The highest BCUT2D eigenvalue weighted by Crippen LogP contribution is 2.18. The fourth-order valence-corrected chi connectivity index (χ4v) is 1.69. The topological polar surface area (TPSA) is 59.3 Å². The van der Waals surface area contributed by atoms with Gasteiger partial charge in [0.2, 0.25) is 5.43 Å². The van der Waals surface area contributed by atoms with Gasteiger partial charge in [-0.3, -0.25) is 4.79 Å². The van der Waals surface area contributed by atoms with Gasteiger partial charge in [-0.2, -0.15) is 0 Å². The third-order valence-electron chi connectivity index (χ3n) is 2.48. The van der Waals surface area contributed by atoms with Crippen molar-refractivity contribution in [1.29, 1.82) is 0 Å². The van der Waals surface area contributed by atoms with Crippen molar-refractivity contribution in [3.8, 4) is 0 Å². The van der Waals surface area contributed by atoms with Gasteiger partial charge in [-0.05, 0) is 6.07 Å². The molecule has 0 aliphatic carbocycles. The van der Waals surface area contributed by atoms with Crippen molar-refractivity contribution in [1.82, 2.24) is 4.57 Å². The Morgan fingerprint density at radius 3 is 2.61 bits per heavy atom. The number of pyridine rings is 1. The van der Waals surface area contributed by atoms with E-state index in [9.17, 15) is 18.4 Å². The number of aromatic carboxylic acids is 1. The zero-order valence-corrected chi connectivity index (χ0v) is 8.98. The average Bonchev–Trinajstić information content (AvgIpc) is 2.27. The zero-order valence-electron chi connectivity index (χ0n) is 8.98. The Morgan fingerprint density at radius 1 is 1.39 bits per heavy atom. The molecule has 0 aliphatic heterocycles. The third kappa shape index (κ3) is 1.67.